The molecular formula is C37H40N4O7. The van der Waals surface area contributed by atoms with Crippen LogP contribution in [0, 0.1) is 6.92 Å². The minimum Gasteiger partial charge on any atom is -0.489 e. The molecule has 1 N–H and O–H groups in total. The van der Waals surface area contributed by atoms with Crippen LogP contribution in [0.1, 0.15) is 42.4 Å². The smallest absolute Gasteiger partial charge is 0.441 e. The molecular weight excluding hydrogens is 612 g/mol. The van der Waals surface area contributed by atoms with Crippen LogP contribution >= 0.6 is 0 Å². The number of aryl methyl sites for hydroxylation is 1. The Morgan fingerprint density at radius 2 is 1.62 bits per heavy atom. The molecule has 1 unspecified atom stereocenters. The van der Waals surface area contributed by atoms with Gasteiger partial charge in [-0.05, 0) is 75.6 Å². The van der Waals surface area contributed by atoms with E-state index in [-0.39, 0.29) is 18.6 Å². The monoisotopic (exact) mass is 652 g/mol. The molecule has 11 nitrogen and oxygen atoms in total. The van der Waals surface area contributed by atoms with Gasteiger partial charge in [0, 0.05) is 31.0 Å². The zero-order chi connectivity index (χ0) is 33.8. The standard InChI is InChI=1S/C37H40N4O7/c1-25-21-31(33(27-11-7-5-8-12-27)41(25)28-13-9-6-10-14-28)34(42)40-20-19-39(36(44)46-37(2,3)4)23-29(40)22-26-15-17-30(18-16-26)45-24-32-38-35(43)48-47-32/h5-18,21,29,32H,19-20,22-24H2,1-4H3,(H,38,43)/t29-,32?/m1/s1. The van der Waals surface area contributed by atoms with Crippen molar-refractivity contribution in [3.8, 4) is 22.7 Å². The summed E-state index contributed by atoms with van der Waals surface area (Å²) in [4.78, 5) is 51.9. The molecule has 0 saturated carbocycles. The Balaban J connectivity index is 1.29. The first kappa shape index (κ1) is 32.6. The molecule has 2 saturated heterocycles. The van der Waals surface area contributed by atoms with Crippen LogP contribution in [0.15, 0.2) is 91.0 Å². The third-order valence-corrected chi connectivity index (χ3v) is 8.19. The van der Waals surface area contributed by atoms with Crippen LogP contribution in [0.4, 0.5) is 9.59 Å². The molecule has 6 rings (SSSR count). The second kappa shape index (κ2) is 13.8. The first-order chi connectivity index (χ1) is 23.1. The van der Waals surface area contributed by atoms with Crippen molar-refractivity contribution in [2.45, 2.75) is 52.0 Å². The zero-order valence-corrected chi connectivity index (χ0v) is 27.5. The highest BCUT2D eigenvalue weighted by Crippen LogP contribution is 2.33. The molecule has 3 heterocycles. The van der Waals surface area contributed by atoms with E-state index in [1.807, 2.05) is 124 Å². The number of para-hydroxylation sites is 1. The second-order valence-corrected chi connectivity index (χ2v) is 12.9. The third-order valence-electron chi connectivity index (χ3n) is 8.19. The van der Waals surface area contributed by atoms with Crippen molar-refractivity contribution in [3.63, 3.8) is 0 Å². The Morgan fingerprint density at radius 3 is 2.27 bits per heavy atom. The first-order valence-electron chi connectivity index (χ1n) is 16.0. The summed E-state index contributed by atoms with van der Waals surface area (Å²) in [5.74, 6) is 0.488. The van der Waals surface area contributed by atoms with Gasteiger partial charge in [-0.2, -0.15) is 4.89 Å². The van der Waals surface area contributed by atoms with Gasteiger partial charge in [-0.1, -0.05) is 60.7 Å². The van der Waals surface area contributed by atoms with Crippen LogP contribution in [0.25, 0.3) is 16.9 Å². The number of nitrogens with one attached hydrogen (secondary N) is 1. The van der Waals surface area contributed by atoms with Gasteiger partial charge in [0.05, 0.1) is 17.3 Å². The lowest BCUT2D eigenvalue weighted by atomic mass is 10.00. The first-order valence-corrected chi connectivity index (χ1v) is 16.0. The summed E-state index contributed by atoms with van der Waals surface area (Å²) < 4.78 is 13.6. The van der Waals surface area contributed by atoms with E-state index in [2.05, 4.69) is 14.8 Å². The highest BCUT2D eigenvalue weighted by molar-refractivity contribution is 6.01. The number of piperazine rings is 1. The minimum atomic E-state index is -0.695. The van der Waals surface area contributed by atoms with Gasteiger partial charge in [0.25, 0.3) is 5.91 Å². The van der Waals surface area contributed by atoms with Crippen molar-refractivity contribution < 1.29 is 33.6 Å². The van der Waals surface area contributed by atoms with Crippen molar-refractivity contribution >= 4 is 18.1 Å². The van der Waals surface area contributed by atoms with Crippen molar-refractivity contribution in [3.05, 3.63) is 108 Å². The molecule has 250 valence electrons. The Hall–Kier alpha value is -5.29. The molecule has 0 aliphatic carbocycles. The van der Waals surface area contributed by atoms with Crippen LogP contribution in [-0.4, -0.2) is 76.6 Å². The number of carbonyl (C=O) groups is 3. The summed E-state index contributed by atoms with van der Waals surface area (Å²) in [6, 6.07) is 29.1. The largest absolute Gasteiger partial charge is 0.489 e. The van der Waals surface area contributed by atoms with Gasteiger partial charge in [0.2, 0.25) is 6.23 Å². The number of benzene rings is 3. The second-order valence-electron chi connectivity index (χ2n) is 12.9. The summed E-state index contributed by atoms with van der Waals surface area (Å²) >= 11 is 0. The average molecular weight is 653 g/mol. The van der Waals surface area contributed by atoms with Gasteiger partial charge >= 0.3 is 12.2 Å². The number of hydrogen-bond donors (Lipinski definition) is 1. The molecule has 11 heteroatoms. The van der Waals surface area contributed by atoms with Crippen LogP contribution in [0.3, 0.4) is 0 Å². The van der Waals surface area contributed by atoms with E-state index in [1.165, 1.54) is 0 Å². The summed E-state index contributed by atoms with van der Waals surface area (Å²) in [6.45, 7) is 8.64. The third kappa shape index (κ3) is 7.47. The molecule has 2 aliphatic rings. The van der Waals surface area contributed by atoms with Crippen LogP contribution in [-0.2, 0) is 20.9 Å². The van der Waals surface area contributed by atoms with E-state index in [1.54, 1.807) is 4.90 Å². The summed E-state index contributed by atoms with van der Waals surface area (Å²) in [7, 11) is 0. The SMILES string of the molecule is Cc1cc(C(=O)N2CCN(C(=O)OC(C)(C)C)C[C@H]2Cc2ccc(OCC3NC(=O)OO3)cc2)c(-c2ccccc2)n1-c1ccccc1. The molecule has 4 aromatic rings. The number of carbonyl (C=O) groups excluding carboxylic acids is 3. The quantitative estimate of drug-likeness (QED) is 0.228. The van der Waals surface area contributed by atoms with E-state index >= 15 is 0 Å². The normalized spacial score (nSPS) is 17.9. The van der Waals surface area contributed by atoms with E-state index in [0.29, 0.717) is 37.4 Å². The summed E-state index contributed by atoms with van der Waals surface area (Å²) in [5.41, 5.74) is 4.60. The maximum atomic E-state index is 14.7. The minimum absolute atomic E-state index is 0.0760. The van der Waals surface area contributed by atoms with Gasteiger partial charge in [0.15, 0.2) is 0 Å². The fourth-order valence-electron chi connectivity index (χ4n) is 6.05. The van der Waals surface area contributed by atoms with E-state index in [4.69, 9.17) is 14.4 Å². The number of ether oxygens (including phenoxy) is 2. The van der Waals surface area contributed by atoms with E-state index in [9.17, 15) is 14.4 Å². The molecule has 3 aromatic carbocycles. The molecule has 1 aromatic heterocycles. The van der Waals surface area contributed by atoms with Crippen molar-refractivity contribution in [1.82, 2.24) is 19.7 Å². The average Bonchev–Trinajstić information content (AvgIpc) is 3.66. The van der Waals surface area contributed by atoms with Crippen LogP contribution in [0.5, 0.6) is 5.75 Å². The molecule has 0 bridgehead atoms. The maximum Gasteiger partial charge on any atom is 0.441 e. The number of amides is 3. The van der Waals surface area contributed by atoms with Crippen molar-refractivity contribution in [2.24, 2.45) is 0 Å². The Labute approximate surface area is 279 Å². The summed E-state index contributed by atoms with van der Waals surface area (Å²) in [5, 5.41) is 2.48. The van der Waals surface area contributed by atoms with Gasteiger partial charge in [-0.15, -0.1) is 0 Å². The van der Waals surface area contributed by atoms with Crippen molar-refractivity contribution in [2.75, 3.05) is 26.2 Å². The summed E-state index contributed by atoms with van der Waals surface area (Å²) in [6.07, 6.45) is -1.25. The molecule has 0 radical (unpaired) electrons. The topological polar surface area (TPSA) is 112 Å². The zero-order valence-electron chi connectivity index (χ0n) is 27.5. The highest BCUT2D eigenvalue weighted by Gasteiger charge is 2.36. The lowest BCUT2D eigenvalue weighted by Gasteiger charge is -2.42. The molecule has 3 amide bonds. The van der Waals surface area contributed by atoms with E-state index in [0.717, 1.165) is 28.2 Å². The molecule has 48 heavy (non-hydrogen) atoms. The van der Waals surface area contributed by atoms with E-state index < -0.39 is 24.0 Å². The van der Waals surface area contributed by atoms with Crippen molar-refractivity contribution in [1.29, 1.82) is 0 Å². The number of hydrogen-bond acceptors (Lipinski definition) is 7. The van der Waals surface area contributed by atoms with Gasteiger partial charge in [-0.25, -0.2) is 9.59 Å². The Bertz CT molecular complexity index is 1750. The molecule has 2 atom stereocenters. The fraction of sp³-hybridized carbons (Fsp3) is 0.324. The molecule has 2 fully saturated rings. The maximum absolute atomic E-state index is 14.7. The molecule has 2 aliphatic heterocycles. The molecule has 0 spiro atoms. The number of rotatable bonds is 8. The van der Waals surface area contributed by atoms with Gasteiger partial charge < -0.3 is 23.8 Å². The number of nitrogens with zero attached hydrogens (tertiary/aromatic N) is 3. The lowest BCUT2D eigenvalue weighted by molar-refractivity contribution is -0.242. The van der Waals surface area contributed by atoms with Gasteiger partial charge in [-0.3, -0.25) is 15.0 Å². The Kier molecular flexibility index (Phi) is 9.40. The highest BCUT2D eigenvalue weighted by atomic mass is 17.2. The Morgan fingerprint density at radius 1 is 0.938 bits per heavy atom. The number of aromatic nitrogens is 1. The van der Waals surface area contributed by atoms with Gasteiger partial charge in [0.1, 0.15) is 18.0 Å². The fourth-order valence-corrected chi connectivity index (χ4v) is 6.05. The predicted molar refractivity (Wildman–Crippen MR) is 179 cm³/mol. The van der Waals surface area contributed by atoms with Crippen LogP contribution < -0.4 is 10.1 Å². The predicted octanol–water partition coefficient (Wildman–Crippen LogP) is 6.13. The van der Waals surface area contributed by atoms with Crippen LogP contribution in [0.2, 0.25) is 0 Å². The lowest BCUT2D eigenvalue weighted by Crippen LogP contribution is -2.57.